The maximum atomic E-state index is 13.4. The Bertz CT molecular complexity index is 339. The summed E-state index contributed by atoms with van der Waals surface area (Å²) in [6.07, 6.45) is 3.07. The predicted molar refractivity (Wildman–Crippen MR) is 55.9 cm³/mol. The van der Waals surface area contributed by atoms with E-state index in [9.17, 15) is 8.78 Å². The van der Waals surface area contributed by atoms with Crippen molar-refractivity contribution >= 4 is 0 Å². The minimum atomic E-state index is -0.587. The molecule has 0 saturated carbocycles. The lowest BCUT2D eigenvalue weighted by Crippen LogP contribution is -2.28. The highest BCUT2D eigenvalue weighted by atomic mass is 19.1. The summed E-state index contributed by atoms with van der Waals surface area (Å²) >= 11 is 0. The highest BCUT2D eigenvalue weighted by molar-refractivity contribution is 5.22. The van der Waals surface area contributed by atoms with E-state index < -0.39 is 11.6 Å². The fourth-order valence-corrected chi connectivity index (χ4v) is 1.40. The van der Waals surface area contributed by atoms with Gasteiger partial charge in [0.15, 0.2) is 0 Å². The van der Waals surface area contributed by atoms with Crippen molar-refractivity contribution < 1.29 is 8.78 Å². The SMILES string of the molecule is C=CCCC(NN)c1ccc(F)cc1F. The average molecular weight is 212 g/mol. The van der Waals surface area contributed by atoms with E-state index in [0.717, 1.165) is 6.07 Å². The van der Waals surface area contributed by atoms with Gasteiger partial charge in [0, 0.05) is 17.7 Å². The summed E-state index contributed by atoms with van der Waals surface area (Å²) in [6.45, 7) is 3.57. The zero-order valence-electron chi connectivity index (χ0n) is 8.34. The molecule has 2 nitrogen and oxygen atoms in total. The van der Waals surface area contributed by atoms with Crippen LogP contribution in [0, 0.1) is 11.6 Å². The standard InChI is InChI=1S/C11H14F2N2/c1-2-3-4-11(15-14)9-6-5-8(12)7-10(9)13/h2,5-7,11,15H,1,3-4,14H2. The summed E-state index contributed by atoms with van der Waals surface area (Å²) in [7, 11) is 0. The van der Waals surface area contributed by atoms with Crippen LogP contribution in [-0.2, 0) is 0 Å². The fourth-order valence-electron chi connectivity index (χ4n) is 1.40. The molecule has 3 N–H and O–H groups in total. The first-order valence-corrected chi connectivity index (χ1v) is 4.71. The third kappa shape index (κ3) is 3.11. The van der Waals surface area contributed by atoms with Crippen LogP contribution in [0.1, 0.15) is 24.4 Å². The van der Waals surface area contributed by atoms with E-state index in [1.165, 1.54) is 12.1 Å². The highest BCUT2D eigenvalue weighted by Crippen LogP contribution is 2.21. The van der Waals surface area contributed by atoms with E-state index in [2.05, 4.69) is 12.0 Å². The number of allylic oxidation sites excluding steroid dienone is 1. The minimum absolute atomic E-state index is 0.316. The second-order valence-electron chi connectivity index (χ2n) is 3.25. The zero-order valence-corrected chi connectivity index (χ0v) is 8.34. The molecule has 1 aromatic rings. The molecule has 0 amide bonds. The number of rotatable bonds is 5. The molecule has 82 valence electrons. The van der Waals surface area contributed by atoms with Crippen molar-refractivity contribution in [1.82, 2.24) is 5.43 Å². The first-order valence-electron chi connectivity index (χ1n) is 4.71. The molecule has 1 unspecified atom stereocenters. The molecular weight excluding hydrogens is 198 g/mol. The number of hydrazine groups is 1. The Balaban J connectivity index is 2.86. The number of benzene rings is 1. The van der Waals surface area contributed by atoms with Crippen molar-refractivity contribution in [3.8, 4) is 0 Å². The third-order valence-corrected chi connectivity index (χ3v) is 2.20. The fraction of sp³-hybridized carbons (Fsp3) is 0.273. The van der Waals surface area contributed by atoms with Crippen LogP contribution in [0.4, 0.5) is 8.78 Å². The molecule has 0 saturated heterocycles. The van der Waals surface area contributed by atoms with Crippen LogP contribution in [0.15, 0.2) is 30.9 Å². The van der Waals surface area contributed by atoms with Gasteiger partial charge in [-0.3, -0.25) is 11.3 Å². The van der Waals surface area contributed by atoms with E-state index in [-0.39, 0.29) is 6.04 Å². The van der Waals surface area contributed by atoms with Crippen LogP contribution in [0.2, 0.25) is 0 Å². The van der Waals surface area contributed by atoms with E-state index in [0.29, 0.717) is 18.4 Å². The molecule has 0 heterocycles. The maximum Gasteiger partial charge on any atom is 0.130 e. The summed E-state index contributed by atoms with van der Waals surface area (Å²) in [5.41, 5.74) is 2.88. The highest BCUT2D eigenvalue weighted by Gasteiger charge is 2.13. The van der Waals surface area contributed by atoms with E-state index in [1.54, 1.807) is 6.08 Å². The lowest BCUT2D eigenvalue weighted by atomic mass is 10.0. The Hall–Kier alpha value is -1.26. The van der Waals surface area contributed by atoms with Gasteiger partial charge in [-0.1, -0.05) is 12.1 Å². The summed E-state index contributed by atoms with van der Waals surface area (Å²) in [5.74, 6) is 4.14. The van der Waals surface area contributed by atoms with Crippen LogP contribution in [0.25, 0.3) is 0 Å². The molecule has 0 aromatic heterocycles. The summed E-state index contributed by atoms with van der Waals surface area (Å²) < 4.78 is 26.0. The smallest absolute Gasteiger partial charge is 0.130 e. The van der Waals surface area contributed by atoms with Crippen molar-refractivity contribution in [1.29, 1.82) is 0 Å². The van der Waals surface area contributed by atoms with Gasteiger partial charge >= 0.3 is 0 Å². The van der Waals surface area contributed by atoms with Crippen LogP contribution < -0.4 is 11.3 Å². The van der Waals surface area contributed by atoms with Crippen LogP contribution >= 0.6 is 0 Å². The van der Waals surface area contributed by atoms with Gasteiger partial charge in [0.1, 0.15) is 11.6 Å². The van der Waals surface area contributed by atoms with Crippen molar-refractivity contribution in [2.45, 2.75) is 18.9 Å². The van der Waals surface area contributed by atoms with Gasteiger partial charge in [-0.2, -0.15) is 0 Å². The molecule has 4 heteroatoms. The molecule has 0 aliphatic heterocycles. The van der Waals surface area contributed by atoms with Gasteiger partial charge < -0.3 is 0 Å². The molecule has 0 aliphatic carbocycles. The predicted octanol–water partition coefficient (Wildman–Crippen LogP) is 2.44. The monoisotopic (exact) mass is 212 g/mol. The number of halogens is 2. The minimum Gasteiger partial charge on any atom is -0.271 e. The molecule has 1 aromatic carbocycles. The van der Waals surface area contributed by atoms with Crippen LogP contribution in [0.3, 0.4) is 0 Å². The molecule has 0 bridgehead atoms. The van der Waals surface area contributed by atoms with E-state index in [4.69, 9.17) is 5.84 Å². The van der Waals surface area contributed by atoms with Gasteiger partial charge in [-0.15, -0.1) is 6.58 Å². The van der Waals surface area contributed by atoms with E-state index in [1.807, 2.05) is 0 Å². The molecule has 0 spiro atoms. The van der Waals surface area contributed by atoms with E-state index >= 15 is 0 Å². The number of nitrogens with one attached hydrogen (secondary N) is 1. The molecule has 15 heavy (non-hydrogen) atoms. The summed E-state index contributed by atoms with van der Waals surface area (Å²) in [6, 6.07) is 3.16. The summed E-state index contributed by atoms with van der Waals surface area (Å²) in [5, 5.41) is 0. The first kappa shape index (κ1) is 11.8. The topological polar surface area (TPSA) is 38.0 Å². The first-order chi connectivity index (χ1) is 7.19. The molecule has 0 aliphatic rings. The quantitative estimate of drug-likeness (QED) is 0.447. The Morgan fingerprint density at radius 3 is 2.73 bits per heavy atom. The van der Waals surface area contributed by atoms with Crippen molar-refractivity contribution in [2.24, 2.45) is 5.84 Å². The second kappa shape index (κ2) is 5.58. The molecule has 0 fully saturated rings. The van der Waals surface area contributed by atoms with Crippen LogP contribution in [-0.4, -0.2) is 0 Å². The van der Waals surface area contributed by atoms with Crippen LogP contribution in [0.5, 0.6) is 0 Å². The van der Waals surface area contributed by atoms with Gasteiger partial charge in [0.2, 0.25) is 0 Å². The Morgan fingerprint density at radius 2 is 2.20 bits per heavy atom. The number of nitrogens with two attached hydrogens (primary N) is 1. The third-order valence-electron chi connectivity index (χ3n) is 2.20. The normalized spacial score (nSPS) is 12.5. The maximum absolute atomic E-state index is 13.4. The molecule has 1 atom stereocenters. The Kier molecular flexibility index (Phi) is 4.39. The van der Waals surface area contributed by atoms with Gasteiger partial charge in [-0.05, 0) is 18.9 Å². The van der Waals surface area contributed by atoms with Gasteiger partial charge in [0.05, 0.1) is 0 Å². The van der Waals surface area contributed by atoms with Gasteiger partial charge in [-0.25, -0.2) is 8.78 Å². The van der Waals surface area contributed by atoms with Crippen molar-refractivity contribution in [3.05, 3.63) is 48.1 Å². The lowest BCUT2D eigenvalue weighted by molar-refractivity contribution is 0.483. The Morgan fingerprint density at radius 1 is 1.47 bits per heavy atom. The zero-order chi connectivity index (χ0) is 11.3. The molecule has 0 radical (unpaired) electrons. The van der Waals surface area contributed by atoms with Crippen molar-refractivity contribution in [2.75, 3.05) is 0 Å². The molecular formula is C11H14F2N2. The summed E-state index contributed by atoms with van der Waals surface area (Å²) in [4.78, 5) is 0. The Labute approximate surface area is 87.8 Å². The van der Waals surface area contributed by atoms with Crippen molar-refractivity contribution in [3.63, 3.8) is 0 Å². The lowest BCUT2D eigenvalue weighted by Gasteiger charge is -2.15. The second-order valence-corrected chi connectivity index (χ2v) is 3.25. The molecule has 1 rings (SSSR count). The van der Waals surface area contributed by atoms with Gasteiger partial charge in [0.25, 0.3) is 0 Å². The number of hydrogen-bond acceptors (Lipinski definition) is 2. The average Bonchev–Trinajstić information content (AvgIpc) is 2.21. The largest absolute Gasteiger partial charge is 0.271 e. The number of hydrogen-bond donors (Lipinski definition) is 2.